The SMILES string of the molecule is COc1cc(N(C)C(=O)CC(N)c2ccccc2)cc(OC)c1OC.Cl. The second-order valence-electron chi connectivity index (χ2n) is 5.56. The molecule has 1 atom stereocenters. The third-order valence-corrected chi connectivity index (χ3v) is 4.03. The number of halogens is 1. The summed E-state index contributed by atoms with van der Waals surface area (Å²) in [5.74, 6) is 1.36. The van der Waals surface area contributed by atoms with Gasteiger partial charge in [0.25, 0.3) is 0 Å². The Kier molecular flexibility index (Phi) is 8.22. The predicted molar refractivity (Wildman–Crippen MR) is 105 cm³/mol. The molecule has 0 radical (unpaired) electrons. The number of carbonyl (C=O) groups excluding carboxylic acids is 1. The molecule has 0 aromatic heterocycles. The van der Waals surface area contributed by atoms with Crippen LogP contribution in [0.3, 0.4) is 0 Å². The largest absolute Gasteiger partial charge is 0.493 e. The van der Waals surface area contributed by atoms with Gasteiger partial charge in [-0.1, -0.05) is 30.3 Å². The number of hydrogen-bond donors (Lipinski definition) is 1. The number of nitrogens with two attached hydrogens (primary N) is 1. The van der Waals surface area contributed by atoms with E-state index in [1.807, 2.05) is 30.3 Å². The fourth-order valence-electron chi connectivity index (χ4n) is 2.55. The highest BCUT2D eigenvalue weighted by molar-refractivity contribution is 5.94. The Morgan fingerprint density at radius 1 is 1.04 bits per heavy atom. The highest BCUT2D eigenvalue weighted by Crippen LogP contribution is 2.41. The molecule has 142 valence electrons. The number of rotatable bonds is 7. The van der Waals surface area contributed by atoms with Crippen LogP contribution in [-0.4, -0.2) is 34.3 Å². The maximum Gasteiger partial charge on any atom is 0.228 e. The van der Waals surface area contributed by atoms with Gasteiger partial charge in [0, 0.05) is 31.6 Å². The molecular formula is C19H25ClN2O4. The number of methoxy groups -OCH3 is 3. The Bertz CT molecular complexity index is 700. The molecule has 0 aliphatic rings. The van der Waals surface area contributed by atoms with E-state index >= 15 is 0 Å². The van der Waals surface area contributed by atoms with Gasteiger partial charge in [-0.05, 0) is 5.56 Å². The molecule has 0 spiro atoms. The molecule has 7 heteroatoms. The minimum absolute atomic E-state index is 0. The smallest absolute Gasteiger partial charge is 0.228 e. The number of ether oxygens (including phenoxy) is 3. The Morgan fingerprint density at radius 2 is 1.58 bits per heavy atom. The van der Waals surface area contributed by atoms with E-state index in [0.717, 1.165) is 5.56 Å². The van der Waals surface area contributed by atoms with Crippen molar-refractivity contribution in [3.8, 4) is 17.2 Å². The van der Waals surface area contributed by atoms with Gasteiger partial charge in [0.15, 0.2) is 11.5 Å². The van der Waals surface area contributed by atoms with Crippen LogP contribution in [0.15, 0.2) is 42.5 Å². The molecular weight excluding hydrogens is 356 g/mol. The van der Waals surface area contributed by atoms with E-state index in [1.165, 1.54) is 26.2 Å². The number of carbonyl (C=O) groups is 1. The Labute approximate surface area is 160 Å². The third-order valence-electron chi connectivity index (χ3n) is 4.03. The van der Waals surface area contributed by atoms with Crippen LogP contribution in [0.4, 0.5) is 5.69 Å². The van der Waals surface area contributed by atoms with Crippen LogP contribution < -0.4 is 24.8 Å². The monoisotopic (exact) mass is 380 g/mol. The van der Waals surface area contributed by atoms with E-state index in [9.17, 15) is 4.79 Å². The van der Waals surface area contributed by atoms with Crippen LogP contribution in [0.5, 0.6) is 17.2 Å². The summed E-state index contributed by atoms with van der Waals surface area (Å²) in [5.41, 5.74) is 7.72. The summed E-state index contributed by atoms with van der Waals surface area (Å²) in [4.78, 5) is 14.1. The van der Waals surface area contributed by atoms with Crippen LogP contribution in [0.25, 0.3) is 0 Å². The van der Waals surface area contributed by atoms with E-state index < -0.39 is 0 Å². The fraction of sp³-hybridized carbons (Fsp3) is 0.316. The van der Waals surface area contributed by atoms with E-state index in [-0.39, 0.29) is 30.8 Å². The van der Waals surface area contributed by atoms with Crippen LogP contribution in [0.1, 0.15) is 18.0 Å². The van der Waals surface area contributed by atoms with Gasteiger partial charge in [-0.3, -0.25) is 4.79 Å². The van der Waals surface area contributed by atoms with Gasteiger partial charge in [0.2, 0.25) is 11.7 Å². The Balaban J connectivity index is 0.00000338. The van der Waals surface area contributed by atoms with Gasteiger partial charge in [-0.15, -0.1) is 12.4 Å². The molecule has 0 heterocycles. The van der Waals surface area contributed by atoms with E-state index in [2.05, 4.69) is 0 Å². The molecule has 0 aliphatic carbocycles. The van der Waals surface area contributed by atoms with Gasteiger partial charge >= 0.3 is 0 Å². The van der Waals surface area contributed by atoms with Gasteiger partial charge < -0.3 is 24.8 Å². The third kappa shape index (κ3) is 4.80. The summed E-state index contributed by atoms with van der Waals surface area (Å²) in [6.07, 6.45) is 0.192. The molecule has 2 aromatic carbocycles. The average molecular weight is 381 g/mol. The maximum atomic E-state index is 12.6. The molecule has 0 aliphatic heterocycles. The average Bonchev–Trinajstić information content (AvgIpc) is 2.66. The first-order valence-corrected chi connectivity index (χ1v) is 7.88. The van der Waals surface area contributed by atoms with Gasteiger partial charge in [0.1, 0.15) is 0 Å². The Hall–Kier alpha value is -2.44. The van der Waals surface area contributed by atoms with Gasteiger partial charge in [-0.25, -0.2) is 0 Å². The second-order valence-corrected chi connectivity index (χ2v) is 5.56. The number of nitrogens with zero attached hydrogens (tertiary/aromatic N) is 1. The van der Waals surface area contributed by atoms with Crippen molar-refractivity contribution in [3.05, 3.63) is 48.0 Å². The van der Waals surface area contributed by atoms with Crippen LogP contribution in [0.2, 0.25) is 0 Å². The quantitative estimate of drug-likeness (QED) is 0.798. The molecule has 0 saturated heterocycles. The number of amides is 1. The molecule has 2 N–H and O–H groups in total. The van der Waals surface area contributed by atoms with Crippen LogP contribution in [0, 0.1) is 0 Å². The summed E-state index contributed by atoms with van der Waals surface area (Å²) in [5, 5.41) is 0. The lowest BCUT2D eigenvalue weighted by Crippen LogP contribution is -2.29. The number of hydrogen-bond acceptors (Lipinski definition) is 5. The highest BCUT2D eigenvalue weighted by Gasteiger charge is 2.20. The number of anilines is 1. The fourth-order valence-corrected chi connectivity index (χ4v) is 2.55. The summed E-state index contributed by atoms with van der Waals surface area (Å²) in [6.45, 7) is 0. The normalized spacial score (nSPS) is 11.1. The summed E-state index contributed by atoms with van der Waals surface area (Å²) in [7, 11) is 6.30. The standard InChI is InChI=1S/C19H24N2O4.ClH/c1-21(18(22)12-15(20)13-8-6-5-7-9-13)14-10-16(23-2)19(25-4)17(11-14)24-3;/h5-11,15H,12,20H2,1-4H3;1H. The molecule has 0 bridgehead atoms. The lowest BCUT2D eigenvalue weighted by atomic mass is 10.0. The van der Waals surface area contributed by atoms with Gasteiger partial charge in [-0.2, -0.15) is 0 Å². The lowest BCUT2D eigenvalue weighted by molar-refractivity contribution is -0.118. The van der Waals surface area contributed by atoms with Crippen LogP contribution in [-0.2, 0) is 4.79 Å². The first-order valence-electron chi connectivity index (χ1n) is 7.88. The molecule has 2 rings (SSSR count). The molecule has 1 unspecified atom stereocenters. The molecule has 0 fully saturated rings. The molecule has 26 heavy (non-hydrogen) atoms. The molecule has 2 aromatic rings. The zero-order chi connectivity index (χ0) is 18.4. The first-order chi connectivity index (χ1) is 12.0. The lowest BCUT2D eigenvalue weighted by Gasteiger charge is -2.22. The predicted octanol–water partition coefficient (Wildman–Crippen LogP) is 3.19. The summed E-state index contributed by atoms with van der Waals surface area (Å²) >= 11 is 0. The van der Waals surface area contributed by atoms with Crippen molar-refractivity contribution in [2.45, 2.75) is 12.5 Å². The van der Waals surface area contributed by atoms with Crippen molar-refractivity contribution in [2.24, 2.45) is 5.73 Å². The van der Waals surface area contributed by atoms with Crippen molar-refractivity contribution in [1.29, 1.82) is 0 Å². The zero-order valence-electron chi connectivity index (χ0n) is 15.4. The zero-order valence-corrected chi connectivity index (χ0v) is 16.2. The summed E-state index contributed by atoms with van der Waals surface area (Å²) in [6, 6.07) is 12.7. The van der Waals surface area contributed by atoms with E-state index in [4.69, 9.17) is 19.9 Å². The van der Waals surface area contributed by atoms with Crippen molar-refractivity contribution >= 4 is 24.0 Å². The highest BCUT2D eigenvalue weighted by atomic mass is 35.5. The molecule has 1 amide bonds. The number of benzene rings is 2. The topological polar surface area (TPSA) is 74.0 Å². The van der Waals surface area contributed by atoms with Crippen LogP contribution >= 0.6 is 12.4 Å². The minimum Gasteiger partial charge on any atom is -0.493 e. The second kappa shape index (κ2) is 9.89. The van der Waals surface area contributed by atoms with Crippen molar-refractivity contribution < 1.29 is 19.0 Å². The minimum atomic E-state index is -0.363. The summed E-state index contributed by atoms with van der Waals surface area (Å²) < 4.78 is 16.0. The van der Waals surface area contributed by atoms with Crippen molar-refractivity contribution in [1.82, 2.24) is 0 Å². The molecule has 0 saturated carbocycles. The van der Waals surface area contributed by atoms with Crippen molar-refractivity contribution in [2.75, 3.05) is 33.3 Å². The molecule has 6 nitrogen and oxygen atoms in total. The van der Waals surface area contributed by atoms with Crippen molar-refractivity contribution in [3.63, 3.8) is 0 Å². The van der Waals surface area contributed by atoms with E-state index in [0.29, 0.717) is 22.9 Å². The maximum absolute atomic E-state index is 12.6. The van der Waals surface area contributed by atoms with E-state index in [1.54, 1.807) is 19.2 Å². The Morgan fingerprint density at radius 3 is 2.04 bits per heavy atom. The first kappa shape index (κ1) is 21.6. The van der Waals surface area contributed by atoms with Gasteiger partial charge in [0.05, 0.1) is 27.0 Å².